The van der Waals surface area contributed by atoms with Gasteiger partial charge in [-0.15, -0.1) is 0 Å². The molecular weight excluding hydrogens is 590 g/mol. The topological polar surface area (TPSA) is 55.3 Å². The summed E-state index contributed by atoms with van der Waals surface area (Å²) >= 11 is 0. The zero-order valence-electron chi connectivity index (χ0n) is 26.1. The van der Waals surface area contributed by atoms with Gasteiger partial charge in [0.15, 0.2) is 0 Å². The van der Waals surface area contributed by atoms with Gasteiger partial charge in [-0.3, -0.25) is 9.97 Å². The van der Waals surface area contributed by atoms with E-state index in [1.165, 1.54) is 36.1 Å². The highest BCUT2D eigenvalue weighted by atomic mass is 16.3. The first kappa shape index (κ1) is 24.7. The van der Waals surface area contributed by atoms with Crippen LogP contribution < -0.4 is 4.90 Å². The minimum absolute atomic E-state index is 0.147. The lowest BCUT2D eigenvalue weighted by Crippen LogP contribution is -2.88. The third-order valence-electron chi connectivity index (χ3n) is 13.7. The summed E-state index contributed by atoms with van der Waals surface area (Å²) in [6.07, 6.45) is 11.7. The number of nitrogens with zero attached hydrogens (tertiary/aromatic N) is 3. The van der Waals surface area contributed by atoms with Gasteiger partial charge in [0, 0.05) is 68.8 Å². The van der Waals surface area contributed by atoms with Gasteiger partial charge < -0.3 is 13.7 Å². The van der Waals surface area contributed by atoms with Gasteiger partial charge in [-0.25, -0.2) is 0 Å². The average molecular weight is 620 g/mol. The van der Waals surface area contributed by atoms with Crippen LogP contribution in [0.5, 0.6) is 0 Å². The van der Waals surface area contributed by atoms with Crippen molar-refractivity contribution >= 4 is 60.9 Å². The van der Waals surface area contributed by atoms with Gasteiger partial charge >= 0.3 is 0 Å². The van der Waals surface area contributed by atoms with Crippen molar-refractivity contribution in [2.75, 3.05) is 4.90 Å². The Hall–Kier alpha value is -5.42. The highest BCUT2D eigenvalue weighted by Crippen LogP contribution is 2.94. The van der Waals surface area contributed by atoms with Crippen LogP contribution in [0, 0.1) is 29.1 Å². The van der Waals surface area contributed by atoms with E-state index in [0.717, 1.165) is 78.9 Å². The van der Waals surface area contributed by atoms with Gasteiger partial charge in [0.1, 0.15) is 22.3 Å². The molecule has 228 valence electrons. The molecule has 5 heteroatoms. The van der Waals surface area contributed by atoms with Gasteiger partial charge in [-0.1, -0.05) is 30.3 Å². The second-order valence-electron chi connectivity index (χ2n) is 15.0. The Bertz CT molecular complexity index is 2600. The van der Waals surface area contributed by atoms with E-state index in [0.29, 0.717) is 5.41 Å². The molecule has 48 heavy (non-hydrogen) atoms. The Morgan fingerprint density at radius 2 is 1.10 bits per heavy atom. The minimum Gasteiger partial charge on any atom is -0.456 e. The fraction of sp³-hybridized carbons (Fsp3) is 0.209. The van der Waals surface area contributed by atoms with E-state index < -0.39 is 0 Å². The highest BCUT2D eigenvalue weighted by molar-refractivity contribution is 6.08. The summed E-state index contributed by atoms with van der Waals surface area (Å²) in [5.41, 5.74) is 13.6. The molecule has 4 fully saturated rings. The number of hydrogen-bond acceptors (Lipinski definition) is 5. The van der Waals surface area contributed by atoms with Gasteiger partial charge in [-0.2, -0.15) is 0 Å². The minimum atomic E-state index is 0.147. The Morgan fingerprint density at radius 3 is 1.75 bits per heavy atom. The SMILES string of the molecule is c1ccc2c(c1)-c1ccc(N(c3ccc4oc5ccncc5c4c3)c3ccc4oc5ccncc5c4c3)cc1C21C2CC3CC4CC1C342. The molecule has 0 aliphatic heterocycles. The van der Waals surface area contributed by atoms with Crippen LogP contribution in [-0.4, -0.2) is 9.97 Å². The maximum atomic E-state index is 6.23. The van der Waals surface area contributed by atoms with Crippen LogP contribution in [0.2, 0.25) is 0 Å². The Balaban J connectivity index is 1.06. The first-order valence-corrected chi connectivity index (χ1v) is 17.3. The number of furan rings is 2. The van der Waals surface area contributed by atoms with E-state index in [2.05, 4.69) is 93.7 Å². The smallest absolute Gasteiger partial charge is 0.138 e. The molecule has 4 saturated carbocycles. The normalized spacial score (nSPS) is 28.3. The van der Waals surface area contributed by atoms with Crippen LogP contribution in [0.15, 0.2) is 125 Å². The molecule has 2 spiro atoms. The van der Waals surface area contributed by atoms with Crippen molar-refractivity contribution in [1.29, 1.82) is 0 Å². The number of anilines is 3. The Labute approximate surface area is 275 Å². The van der Waals surface area contributed by atoms with Crippen LogP contribution in [-0.2, 0) is 5.41 Å². The van der Waals surface area contributed by atoms with Crippen molar-refractivity contribution in [3.05, 3.63) is 127 Å². The second kappa shape index (κ2) is 7.99. The molecule has 0 amide bonds. The molecule has 0 saturated heterocycles. The molecule has 0 N–H and O–H groups in total. The summed E-state index contributed by atoms with van der Waals surface area (Å²) in [6.45, 7) is 0. The summed E-state index contributed by atoms with van der Waals surface area (Å²) in [7, 11) is 0. The summed E-state index contributed by atoms with van der Waals surface area (Å²) in [5.74, 6) is 3.51. The molecule has 4 unspecified atom stereocenters. The third-order valence-corrected chi connectivity index (χ3v) is 13.7. The van der Waals surface area contributed by atoms with Gasteiger partial charge in [-0.05, 0) is 131 Å². The predicted octanol–water partition coefficient (Wildman–Crippen LogP) is 10.7. The van der Waals surface area contributed by atoms with Gasteiger partial charge in [0.2, 0.25) is 0 Å². The molecule has 4 atom stereocenters. The largest absolute Gasteiger partial charge is 0.456 e. The first-order chi connectivity index (χ1) is 23.7. The average Bonchev–Trinajstić information content (AvgIpc) is 3.75. The number of fused-ring (bicyclic) bond motifs is 13. The number of pyridine rings is 2. The van der Waals surface area contributed by atoms with Crippen LogP contribution in [0.1, 0.15) is 30.4 Å². The lowest BCUT2D eigenvalue weighted by Gasteiger charge is -2.92. The van der Waals surface area contributed by atoms with E-state index in [1.807, 2.05) is 24.5 Å². The molecule has 0 radical (unpaired) electrons. The summed E-state index contributed by atoms with van der Waals surface area (Å²) in [5, 5.41) is 4.19. The number of rotatable bonds is 3. The molecular formula is C43H29N3O2. The van der Waals surface area contributed by atoms with Crippen LogP contribution in [0.4, 0.5) is 17.1 Å². The molecule has 5 aliphatic rings. The van der Waals surface area contributed by atoms with E-state index in [-0.39, 0.29) is 5.41 Å². The van der Waals surface area contributed by atoms with E-state index in [9.17, 15) is 0 Å². The van der Waals surface area contributed by atoms with Crippen molar-refractivity contribution in [2.24, 2.45) is 29.1 Å². The number of aromatic nitrogens is 2. The van der Waals surface area contributed by atoms with Gasteiger partial charge in [0.05, 0.1) is 0 Å². The number of hydrogen-bond donors (Lipinski definition) is 0. The predicted molar refractivity (Wildman–Crippen MR) is 188 cm³/mol. The molecule has 13 rings (SSSR count). The van der Waals surface area contributed by atoms with E-state index in [1.54, 1.807) is 23.5 Å². The fourth-order valence-corrected chi connectivity index (χ4v) is 12.0. The quantitative estimate of drug-likeness (QED) is 0.197. The summed E-state index contributed by atoms with van der Waals surface area (Å²) in [4.78, 5) is 11.3. The molecule has 4 aromatic carbocycles. The Morgan fingerprint density at radius 1 is 0.542 bits per heavy atom. The van der Waals surface area contributed by atoms with Crippen LogP contribution >= 0.6 is 0 Å². The molecule has 4 aromatic heterocycles. The van der Waals surface area contributed by atoms with Crippen molar-refractivity contribution < 1.29 is 8.83 Å². The fourth-order valence-electron chi connectivity index (χ4n) is 12.0. The third kappa shape index (κ3) is 2.53. The Kier molecular flexibility index (Phi) is 4.11. The standard InChI is InChI=1S/C43H29N3O2/c1-2-4-34-28(3-1)29-8-5-27(20-35(29)43(34)40-16-23-15-24-17-41(43)42(23,24)40)46(25-6-9-36-30(18-25)32-21-44-13-11-38(32)47-36)26-7-10-37-31(19-26)33-22-45-14-12-39(33)48-37/h1-14,18-24,40-41H,15-17H2. The van der Waals surface area contributed by atoms with Crippen molar-refractivity contribution in [2.45, 2.75) is 24.7 Å². The lowest BCUT2D eigenvalue weighted by atomic mass is 9.11. The van der Waals surface area contributed by atoms with Crippen molar-refractivity contribution in [3.63, 3.8) is 0 Å². The van der Waals surface area contributed by atoms with Crippen molar-refractivity contribution in [1.82, 2.24) is 9.97 Å². The monoisotopic (exact) mass is 619 g/mol. The zero-order valence-corrected chi connectivity index (χ0v) is 26.1. The van der Waals surface area contributed by atoms with Crippen LogP contribution in [0.25, 0.3) is 55.0 Å². The highest BCUT2D eigenvalue weighted by Gasteiger charge is 2.90. The molecule has 8 aromatic rings. The molecule has 0 bridgehead atoms. The lowest BCUT2D eigenvalue weighted by molar-refractivity contribution is -0.412. The zero-order chi connectivity index (χ0) is 30.9. The molecule has 4 heterocycles. The van der Waals surface area contributed by atoms with E-state index in [4.69, 9.17) is 8.83 Å². The summed E-state index contributed by atoms with van der Waals surface area (Å²) < 4.78 is 12.5. The van der Waals surface area contributed by atoms with Crippen LogP contribution in [0.3, 0.4) is 0 Å². The second-order valence-corrected chi connectivity index (χ2v) is 15.0. The molecule has 5 aliphatic carbocycles. The molecule has 5 nitrogen and oxygen atoms in total. The summed E-state index contributed by atoms with van der Waals surface area (Å²) in [6, 6.07) is 33.6. The van der Waals surface area contributed by atoms with E-state index >= 15 is 0 Å². The first-order valence-electron chi connectivity index (χ1n) is 17.3. The van der Waals surface area contributed by atoms with Crippen molar-refractivity contribution in [3.8, 4) is 11.1 Å². The maximum Gasteiger partial charge on any atom is 0.138 e. The van der Waals surface area contributed by atoms with Gasteiger partial charge in [0.25, 0.3) is 0 Å². The number of benzene rings is 4. The maximum absolute atomic E-state index is 6.23.